The van der Waals surface area contributed by atoms with E-state index in [0.717, 1.165) is 0 Å². The predicted molar refractivity (Wildman–Crippen MR) is 108 cm³/mol. The van der Waals surface area contributed by atoms with Gasteiger partial charge in [-0.1, -0.05) is 18.2 Å². The van der Waals surface area contributed by atoms with Crippen LogP contribution in [0.2, 0.25) is 0 Å². The number of benzene rings is 1. The molecule has 1 aliphatic rings. The Hall–Kier alpha value is -3.44. The lowest BCUT2D eigenvalue weighted by atomic mass is 10.0. The molecular weight excluding hydrogens is 370 g/mol. The largest absolute Gasteiger partial charge is 0.481 e. The van der Waals surface area contributed by atoms with Gasteiger partial charge in [-0.25, -0.2) is 4.98 Å². The van der Waals surface area contributed by atoms with Gasteiger partial charge in [0, 0.05) is 51.0 Å². The van der Waals surface area contributed by atoms with Gasteiger partial charge in [-0.15, -0.1) is 0 Å². The Labute approximate surface area is 169 Å². The summed E-state index contributed by atoms with van der Waals surface area (Å²) in [4.78, 5) is 32.3. The summed E-state index contributed by atoms with van der Waals surface area (Å²) in [6.07, 6.45) is 1.58. The molecule has 0 bridgehead atoms. The normalized spacial score (nSPS) is 15.3. The number of carbonyl (C=O) groups is 2. The van der Waals surface area contributed by atoms with E-state index >= 15 is 0 Å². The maximum atomic E-state index is 12.2. The predicted octanol–water partition coefficient (Wildman–Crippen LogP) is 1.80. The Kier molecular flexibility index (Phi) is 6.76. The van der Waals surface area contributed by atoms with E-state index in [9.17, 15) is 20.0 Å². The first-order valence-corrected chi connectivity index (χ1v) is 9.47. The lowest BCUT2D eigenvalue weighted by molar-refractivity contribution is -0.144. The fourth-order valence-electron chi connectivity index (χ4n) is 3.38. The van der Waals surface area contributed by atoms with Crippen molar-refractivity contribution in [2.45, 2.75) is 6.42 Å². The molecule has 0 radical (unpaired) electrons. The zero-order valence-electron chi connectivity index (χ0n) is 16.0. The molecule has 0 saturated carbocycles. The third-order valence-electron chi connectivity index (χ3n) is 4.90. The number of amides is 1. The van der Waals surface area contributed by atoms with Crippen LogP contribution in [0.3, 0.4) is 0 Å². The Balaban J connectivity index is 1.53. The summed E-state index contributed by atoms with van der Waals surface area (Å²) in [5.74, 6) is -1.41. The van der Waals surface area contributed by atoms with Gasteiger partial charge in [0.25, 0.3) is 0 Å². The molecule has 2 N–H and O–H groups in total. The number of hydrogen-bond acceptors (Lipinski definition) is 6. The molecule has 1 atom stereocenters. The maximum Gasteiger partial charge on any atom is 0.308 e. The third-order valence-corrected chi connectivity index (χ3v) is 4.90. The van der Waals surface area contributed by atoms with Gasteiger partial charge in [-0.2, -0.15) is 5.26 Å². The molecule has 1 amide bonds. The number of anilines is 2. The highest BCUT2D eigenvalue weighted by atomic mass is 16.4. The molecule has 8 nitrogen and oxygen atoms in total. The van der Waals surface area contributed by atoms with E-state index in [2.05, 4.69) is 16.4 Å². The van der Waals surface area contributed by atoms with Gasteiger partial charge in [0.2, 0.25) is 5.91 Å². The molecule has 1 aliphatic heterocycles. The molecule has 2 aromatic rings. The number of hydrogen-bond donors (Lipinski definition) is 2. The van der Waals surface area contributed by atoms with Gasteiger partial charge in [0.05, 0.1) is 11.5 Å². The van der Waals surface area contributed by atoms with Gasteiger partial charge < -0.3 is 15.3 Å². The highest BCUT2D eigenvalue weighted by molar-refractivity contribution is 5.93. The van der Waals surface area contributed by atoms with E-state index in [1.807, 2.05) is 28.0 Å². The van der Waals surface area contributed by atoms with Crippen molar-refractivity contribution >= 4 is 23.4 Å². The lowest BCUT2D eigenvalue weighted by Gasteiger charge is -2.36. The summed E-state index contributed by atoms with van der Waals surface area (Å²) in [7, 11) is 0. The minimum absolute atomic E-state index is 0.0801. The number of piperazine rings is 1. The highest BCUT2D eigenvalue weighted by Gasteiger charge is 2.27. The molecule has 8 heteroatoms. The Morgan fingerprint density at radius 1 is 1.14 bits per heavy atom. The number of rotatable bonds is 7. The van der Waals surface area contributed by atoms with Gasteiger partial charge in [-0.3, -0.25) is 14.5 Å². The number of carboxylic acid groups (broad SMARTS) is 1. The lowest BCUT2D eigenvalue weighted by Crippen LogP contribution is -2.49. The number of para-hydroxylation sites is 1. The van der Waals surface area contributed by atoms with Crippen LogP contribution in [0.1, 0.15) is 12.0 Å². The van der Waals surface area contributed by atoms with Gasteiger partial charge in [-0.05, 0) is 24.3 Å². The molecule has 1 aromatic heterocycles. The van der Waals surface area contributed by atoms with E-state index in [4.69, 9.17) is 0 Å². The van der Waals surface area contributed by atoms with Crippen LogP contribution >= 0.6 is 0 Å². The molecular formula is C21H23N5O3. The Morgan fingerprint density at radius 2 is 1.86 bits per heavy atom. The number of nitrogens with zero attached hydrogens (tertiary/aromatic N) is 4. The third kappa shape index (κ3) is 5.53. The zero-order chi connectivity index (χ0) is 20.6. The van der Waals surface area contributed by atoms with Crippen molar-refractivity contribution in [3.63, 3.8) is 0 Å². The quantitative estimate of drug-likeness (QED) is 0.738. The van der Waals surface area contributed by atoms with Crippen LogP contribution < -0.4 is 10.2 Å². The summed E-state index contributed by atoms with van der Waals surface area (Å²) in [5.41, 5.74) is 1.18. The van der Waals surface area contributed by atoms with Gasteiger partial charge in [0.15, 0.2) is 0 Å². The first-order valence-electron chi connectivity index (χ1n) is 9.47. The monoisotopic (exact) mass is 393 g/mol. The van der Waals surface area contributed by atoms with E-state index in [1.54, 1.807) is 30.5 Å². The summed E-state index contributed by atoms with van der Waals surface area (Å²) in [6.45, 7) is 2.89. The molecule has 3 rings (SSSR count). The van der Waals surface area contributed by atoms with Crippen molar-refractivity contribution in [3.05, 3.63) is 54.2 Å². The molecule has 150 valence electrons. The van der Waals surface area contributed by atoms with Crippen molar-refractivity contribution in [1.29, 1.82) is 5.26 Å². The first-order chi connectivity index (χ1) is 14.1. The number of aromatic nitrogens is 1. The fraction of sp³-hybridized carbons (Fsp3) is 0.333. The number of carbonyl (C=O) groups excluding carboxylic acids is 1. The van der Waals surface area contributed by atoms with Crippen molar-refractivity contribution < 1.29 is 14.7 Å². The number of carboxylic acids is 1. The van der Waals surface area contributed by atoms with Crippen LogP contribution in [-0.2, 0) is 9.59 Å². The second-order valence-corrected chi connectivity index (χ2v) is 6.93. The fourth-order valence-corrected chi connectivity index (χ4v) is 3.38. The average Bonchev–Trinajstić information content (AvgIpc) is 2.74. The summed E-state index contributed by atoms with van der Waals surface area (Å²) >= 11 is 0. The van der Waals surface area contributed by atoms with Crippen LogP contribution in [0.5, 0.6) is 0 Å². The smallest absolute Gasteiger partial charge is 0.308 e. The van der Waals surface area contributed by atoms with Crippen molar-refractivity contribution in [3.8, 4) is 6.07 Å². The number of pyridine rings is 1. The van der Waals surface area contributed by atoms with Crippen molar-refractivity contribution in [2.24, 2.45) is 5.92 Å². The molecule has 1 fully saturated rings. The van der Waals surface area contributed by atoms with Crippen molar-refractivity contribution in [1.82, 2.24) is 9.88 Å². The summed E-state index contributed by atoms with van der Waals surface area (Å²) in [5, 5.41) is 21.5. The standard InChI is InChI=1S/C21H23N5O3/c22-14-16-5-4-8-23-20(16)26-11-9-25(10-12-26)15-17(21(28)29)13-19(27)24-18-6-2-1-3-7-18/h1-8,17H,9-13,15H2,(H,24,27)(H,28,29)/t17-/m0/s1. The number of nitriles is 1. The summed E-state index contributed by atoms with van der Waals surface area (Å²) < 4.78 is 0. The average molecular weight is 393 g/mol. The van der Waals surface area contributed by atoms with Crippen LogP contribution in [0.15, 0.2) is 48.7 Å². The molecule has 0 aliphatic carbocycles. The Morgan fingerprint density at radius 3 is 2.52 bits per heavy atom. The molecule has 2 heterocycles. The maximum absolute atomic E-state index is 12.2. The van der Waals surface area contributed by atoms with Crippen LogP contribution in [0.25, 0.3) is 0 Å². The zero-order valence-corrected chi connectivity index (χ0v) is 16.0. The number of aliphatic carboxylic acids is 1. The van der Waals surface area contributed by atoms with Crippen molar-refractivity contribution in [2.75, 3.05) is 42.9 Å². The van der Waals surface area contributed by atoms with Gasteiger partial charge >= 0.3 is 5.97 Å². The molecule has 1 aromatic carbocycles. The van der Waals surface area contributed by atoms with Gasteiger partial charge in [0.1, 0.15) is 11.9 Å². The van der Waals surface area contributed by atoms with Crippen LogP contribution in [0.4, 0.5) is 11.5 Å². The van der Waals surface area contributed by atoms with E-state index in [0.29, 0.717) is 49.8 Å². The minimum Gasteiger partial charge on any atom is -0.481 e. The minimum atomic E-state index is -0.980. The van der Waals surface area contributed by atoms with E-state index < -0.39 is 11.9 Å². The van der Waals surface area contributed by atoms with Crippen LogP contribution in [0, 0.1) is 17.2 Å². The number of nitrogens with one attached hydrogen (secondary N) is 1. The first kappa shape index (κ1) is 20.3. The molecule has 29 heavy (non-hydrogen) atoms. The second-order valence-electron chi connectivity index (χ2n) is 6.93. The molecule has 1 saturated heterocycles. The van der Waals surface area contributed by atoms with E-state index in [-0.39, 0.29) is 12.3 Å². The second kappa shape index (κ2) is 9.66. The van der Waals surface area contributed by atoms with E-state index in [1.165, 1.54) is 0 Å². The molecule has 0 unspecified atom stereocenters. The highest BCUT2D eigenvalue weighted by Crippen LogP contribution is 2.19. The molecule has 0 spiro atoms. The topological polar surface area (TPSA) is 110 Å². The Bertz CT molecular complexity index is 889. The van der Waals surface area contributed by atoms with Crippen LogP contribution in [-0.4, -0.2) is 59.6 Å². The SMILES string of the molecule is N#Cc1cccnc1N1CCN(C[C@H](CC(=O)Nc2ccccc2)C(=O)O)CC1. The summed E-state index contributed by atoms with van der Waals surface area (Å²) in [6, 6.07) is 14.6.